The van der Waals surface area contributed by atoms with E-state index in [4.69, 9.17) is 9.84 Å². The monoisotopic (exact) mass is 272 g/mol. The number of carboxylic acid groups (broad SMARTS) is 1. The largest absolute Gasteiger partial charge is 0.481 e. The normalized spacial score (nSPS) is 12.1. The third-order valence-corrected chi connectivity index (χ3v) is 3.16. The van der Waals surface area contributed by atoms with E-state index in [0.29, 0.717) is 13.0 Å². The lowest BCUT2D eigenvalue weighted by Crippen LogP contribution is -2.13. The van der Waals surface area contributed by atoms with Crippen LogP contribution in [0, 0.1) is 5.92 Å². The Hall–Kier alpha value is -1.06. The van der Waals surface area contributed by atoms with Crippen LogP contribution in [0.4, 0.5) is 0 Å². The van der Waals surface area contributed by atoms with Crippen LogP contribution >= 0.6 is 0 Å². The van der Waals surface area contributed by atoms with Gasteiger partial charge in [-0.1, -0.05) is 39.5 Å². The summed E-state index contributed by atoms with van der Waals surface area (Å²) in [5.41, 5.74) is 0. The SMILES string of the molecule is CCCCC(CCCCCC(=O)OCCC)C(=O)O. The highest BCUT2D eigenvalue weighted by Gasteiger charge is 2.15. The smallest absolute Gasteiger partial charge is 0.306 e. The van der Waals surface area contributed by atoms with E-state index in [-0.39, 0.29) is 11.9 Å². The van der Waals surface area contributed by atoms with Crippen LogP contribution in [0.15, 0.2) is 0 Å². The van der Waals surface area contributed by atoms with Crippen LogP contribution in [0.3, 0.4) is 0 Å². The molecular weight excluding hydrogens is 244 g/mol. The van der Waals surface area contributed by atoms with Gasteiger partial charge in [0, 0.05) is 6.42 Å². The number of esters is 1. The molecule has 0 fully saturated rings. The van der Waals surface area contributed by atoms with Crippen molar-refractivity contribution in [2.45, 2.75) is 71.6 Å². The minimum atomic E-state index is -0.684. The molecule has 0 aromatic heterocycles. The highest BCUT2D eigenvalue weighted by atomic mass is 16.5. The third-order valence-electron chi connectivity index (χ3n) is 3.16. The molecule has 0 aliphatic carbocycles. The highest BCUT2D eigenvalue weighted by Crippen LogP contribution is 2.17. The van der Waals surface area contributed by atoms with Crippen molar-refractivity contribution in [3.63, 3.8) is 0 Å². The number of carbonyl (C=O) groups is 2. The summed E-state index contributed by atoms with van der Waals surface area (Å²) in [7, 11) is 0. The van der Waals surface area contributed by atoms with Crippen molar-refractivity contribution in [3.05, 3.63) is 0 Å². The molecule has 0 radical (unpaired) electrons. The second-order valence-corrected chi connectivity index (χ2v) is 5.00. The molecule has 0 amide bonds. The summed E-state index contributed by atoms with van der Waals surface area (Å²) in [5.74, 6) is -1.04. The van der Waals surface area contributed by atoms with Gasteiger partial charge in [-0.2, -0.15) is 0 Å². The Bertz CT molecular complexity index is 251. The molecule has 1 atom stereocenters. The molecule has 0 rings (SSSR count). The first-order chi connectivity index (χ1) is 9.11. The maximum atomic E-state index is 11.2. The fraction of sp³-hybridized carbons (Fsp3) is 0.867. The summed E-state index contributed by atoms with van der Waals surface area (Å²) in [5, 5.41) is 9.07. The number of ether oxygens (including phenoxy) is 1. The summed E-state index contributed by atoms with van der Waals surface area (Å²) in [6.45, 7) is 4.54. The van der Waals surface area contributed by atoms with Crippen LogP contribution in [0.25, 0.3) is 0 Å². The van der Waals surface area contributed by atoms with Gasteiger partial charge in [0.1, 0.15) is 0 Å². The van der Waals surface area contributed by atoms with E-state index in [1.807, 2.05) is 6.92 Å². The lowest BCUT2D eigenvalue weighted by atomic mass is 9.95. The van der Waals surface area contributed by atoms with E-state index in [1.54, 1.807) is 0 Å². The molecule has 112 valence electrons. The van der Waals surface area contributed by atoms with Crippen molar-refractivity contribution in [2.75, 3.05) is 6.61 Å². The lowest BCUT2D eigenvalue weighted by molar-refractivity contribution is -0.144. The van der Waals surface area contributed by atoms with Crippen LogP contribution in [-0.2, 0) is 14.3 Å². The standard InChI is InChI=1S/C15H28O4/c1-3-5-9-13(15(17)18)10-7-6-8-11-14(16)19-12-4-2/h13H,3-12H2,1-2H3,(H,17,18). The molecule has 4 nitrogen and oxygen atoms in total. The van der Waals surface area contributed by atoms with Crippen molar-refractivity contribution < 1.29 is 19.4 Å². The van der Waals surface area contributed by atoms with E-state index < -0.39 is 5.97 Å². The Labute approximate surface area is 116 Å². The molecule has 1 unspecified atom stereocenters. The van der Waals surface area contributed by atoms with E-state index in [0.717, 1.165) is 51.4 Å². The molecule has 0 bridgehead atoms. The molecular formula is C15H28O4. The zero-order chi connectivity index (χ0) is 14.5. The summed E-state index contributed by atoms with van der Waals surface area (Å²) in [6, 6.07) is 0. The Morgan fingerprint density at radius 2 is 1.68 bits per heavy atom. The zero-order valence-corrected chi connectivity index (χ0v) is 12.3. The van der Waals surface area contributed by atoms with Gasteiger partial charge in [-0.3, -0.25) is 9.59 Å². The van der Waals surface area contributed by atoms with E-state index >= 15 is 0 Å². The van der Waals surface area contributed by atoms with Gasteiger partial charge in [0.15, 0.2) is 0 Å². The molecule has 0 aliphatic rings. The van der Waals surface area contributed by atoms with Crippen molar-refractivity contribution in [1.82, 2.24) is 0 Å². The molecule has 0 heterocycles. The van der Waals surface area contributed by atoms with Crippen LogP contribution in [0.2, 0.25) is 0 Å². The summed E-state index contributed by atoms with van der Waals surface area (Å²) in [4.78, 5) is 22.3. The minimum absolute atomic E-state index is 0.136. The molecule has 0 saturated heterocycles. The number of hydrogen-bond donors (Lipinski definition) is 1. The Morgan fingerprint density at radius 3 is 2.26 bits per heavy atom. The molecule has 19 heavy (non-hydrogen) atoms. The lowest BCUT2D eigenvalue weighted by Gasteiger charge is -2.11. The Balaban J connectivity index is 3.59. The summed E-state index contributed by atoms with van der Waals surface area (Å²) in [6.07, 6.45) is 7.37. The summed E-state index contributed by atoms with van der Waals surface area (Å²) >= 11 is 0. The van der Waals surface area contributed by atoms with Gasteiger partial charge < -0.3 is 9.84 Å². The molecule has 0 aliphatic heterocycles. The number of rotatable bonds is 12. The minimum Gasteiger partial charge on any atom is -0.481 e. The van der Waals surface area contributed by atoms with Crippen molar-refractivity contribution >= 4 is 11.9 Å². The number of aliphatic carboxylic acids is 1. The number of unbranched alkanes of at least 4 members (excludes halogenated alkanes) is 3. The van der Waals surface area contributed by atoms with E-state index in [9.17, 15) is 9.59 Å². The van der Waals surface area contributed by atoms with Gasteiger partial charge in [0.25, 0.3) is 0 Å². The van der Waals surface area contributed by atoms with Crippen LogP contribution < -0.4 is 0 Å². The first-order valence-corrected chi connectivity index (χ1v) is 7.50. The van der Waals surface area contributed by atoms with Gasteiger partial charge in [-0.15, -0.1) is 0 Å². The van der Waals surface area contributed by atoms with E-state index in [1.165, 1.54) is 0 Å². The number of carboxylic acids is 1. The average Bonchev–Trinajstić information content (AvgIpc) is 2.39. The first kappa shape index (κ1) is 17.9. The van der Waals surface area contributed by atoms with Crippen LogP contribution in [0.5, 0.6) is 0 Å². The predicted molar refractivity (Wildman–Crippen MR) is 75.0 cm³/mol. The van der Waals surface area contributed by atoms with Gasteiger partial charge in [0.05, 0.1) is 12.5 Å². The molecule has 0 aromatic rings. The fourth-order valence-corrected chi connectivity index (χ4v) is 1.97. The van der Waals surface area contributed by atoms with Crippen molar-refractivity contribution in [1.29, 1.82) is 0 Å². The molecule has 1 N–H and O–H groups in total. The van der Waals surface area contributed by atoms with Crippen LogP contribution in [-0.4, -0.2) is 23.7 Å². The van der Waals surface area contributed by atoms with Gasteiger partial charge >= 0.3 is 11.9 Å². The zero-order valence-electron chi connectivity index (χ0n) is 12.3. The second kappa shape index (κ2) is 12.0. The van der Waals surface area contributed by atoms with Gasteiger partial charge in [0.2, 0.25) is 0 Å². The average molecular weight is 272 g/mol. The topological polar surface area (TPSA) is 63.6 Å². The van der Waals surface area contributed by atoms with Crippen LogP contribution in [0.1, 0.15) is 71.6 Å². The number of hydrogen-bond acceptors (Lipinski definition) is 3. The highest BCUT2D eigenvalue weighted by molar-refractivity contribution is 5.70. The molecule has 4 heteroatoms. The Kier molecular flexibility index (Phi) is 11.3. The second-order valence-electron chi connectivity index (χ2n) is 5.00. The first-order valence-electron chi connectivity index (χ1n) is 7.50. The maximum Gasteiger partial charge on any atom is 0.306 e. The van der Waals surface area contributed by atoms with E-state index in [2.05, 4.69) is 6.92 Å². The number of carbonyl (C=O) groups excluding carboxylic acids is 1. The summed E-state index contributed by atoms with van der Waals surface area (Å²) < 4.78 is 4.98. The molecule has 0 spiro atoms. The quantitative estimate of drug-likeness (QED) is 0.434. The van der Waals surface area contributed by atoms with Crippen molar-refractivity contribution in [2.24, 2.45) is 5.92 Å². The Morgan fingerprint density at radius 1 is 1.00 bits per heavy atom. The van der Waals surface area contributed by atoms with Gasteiger partial charge in [-0.25, -0.2) is 0 Å². The maximum absolute atomic E-state index is 11.2. The molecule has 0 saturated carbocycles. The predicted octanol–water partition coefficient (Wildman–Crippen LogP) is 3.78. The van der Waals surface area contributed by atoms with Crippen molar-refractivity contribution in [3.8, 4) is 0 Å². The van der Waals surface area contributed by atoms with Gasteiger partial charge in [-0.05, 0) is 25.7 Å². The molecule has 0 aromatic carbocycles. The fourth-order valence-electron chi connectivity index (χ4n) is 1.97. The third kappa shape index (κ3) is 10.5.